The first kappa shape index (κ1) is 29.8. The van der Waals surface area contributed by atoms with Gasteiger partial charge in [0.2, 0.25) is 11.9 Å². The van der Waals surface area contributed by atoms with Crippen LogP contribution in [-0.2, 0) is 9.53 Å². The zero-order chi connectivity index (χ0) is 30.2. The van der Waals surface area contributed by atoms with E-state index in [4.69, 9.17) is 19.2 Å². The monoisotopic (exact) mass is 583 g/mol. The summed E-state index contributed by atoms with van der Waals surface area (Å²) >= 11 is 0. The molecule has 2 heterocycles. The van der Waals surface area contributed by atoms with E-state index in [2.05, 4.69) is 10.2 Å². The van der Waals surface area contributed by atoms with Crippen LogP contribution in [0.2, 0.25) is 0 Å². The molecule has 1 aromatic heterocycles. The molecule has 1 fully saturated rings. The van der Waals surface area contributed by atoms with E-state index in [1.165, 1.54) is 0 Å². The Hall–Kier alpha value is -4.67. The van der Waals surface area contributed by atoms with Crippen LogP contribution in [0.25, 0.3) is 16.9 Å². The summed E-state index contributed by atoms with van der Waals surface area (Å²) in [6.07, 6.45) is 1.87. The zero-order valence-electron chi connectivity index (χ0n) is 24.8. The molecule has 0 bridgehead atoms. The highest BCUT2D eigenvalue weighted by Crippen LogP contribution is 2.27. The molecule has 4 aromatic rings. The predicted molar refractivity (Wildman–Crippen MR) is 165 cm³/mol. The van der Waals surface area contributed by atoms with Crippen molar-refractivity contribution in [1.82, 2.24) is 19.4 Å². The standard InChI is InChI=1S/C33H37N5O5/c1-24-4-6-26(7-5-24)32(40)37(17-16-36-18-20-43-21-19-36)23-31(39)35-33-34-30(25-8-12-28(41-2)13-9-25)22-38(33)27-10-14-29(42-3)15-11-27/h4-15,22H,16-21,23H2,1-3H3,(H,34,35,39). The number of anilines is 1. The number of hydrogen-bond acceptors (Lipinski definition) is 7. The molecule has 0 saturated carbocycles. The minimum Gasteiger partial charge on any atom is -0.497 e. The summed E-state index contributed by atoms with van der Waals surface area (Å²) < 4.78 is 17.9. The van der Waals surface area contributed by atoms with Crippen molar-refractivity contribution in [1.29, 1.82) is 0 Å². The molecule has 1 saturated heterocycles. The third kappa shape index (κ3) is 7.59. The van der Waals surface area contributed by atoms with Gasteiger partial charge in [-0.05, 0) is 67.6 Å². The number of nitrogens with one attached hydrogen (secondary N) is 1. The molecule has 0 spiro atoms. The summed E-state index contributed by atoms with van der Waals surface area (Å²) in [5.74, 6) is 1.26. The Labute approximate surface area is 251 Å². The van der Waals surface area contributed by atoms with Gasteiger partial charge in [-0.25, -0.2) is 4.98 Å². The highest BCUT2D eigenvalue weighted by Gasteiger charge is 2.22. The Bertz CT molecular complexity index is 1510. The van der Waals surface area contributed by atoms with E-state index in [0.29, 0.717) is 43.5 Å². The molecule has 2 amide bonds. The first-order valence-corrected chi connectivity index (χ1v) is 14.3. The fraction of sp³-hybridized carbons (Fsp3) is 0.303. The van der Waals surface area contributed by atoms with Crippen molar-refractivity contribution in [2.45, 2.75) is 6.92 Å². The Morgan fingerprint density at radius 3 is 2.16 bits per heavy atom. The number of carbonyl (C=O) groups excluding carboxylic acids is 2. The van der Waals surface area contributed by atoms with Gasteiger partial charge in [0.1, 0.15) is 18.0 Å². The fourth-order valence-electron chi connectivity index (χ4n) is 4.86. The number of rotatable bonds is 11. The molecule has 0 atom stereocenters. The molecule has 5 rings (SSSR count). The zero-order valence-corrected chi connectivity index (χ0v) is 24.8. The van der Waals surface area contributed by atoms with Crippen molar-refractivity contribution < 1.29 is 23.8 Å². The molecule has 224 valence electrons. The summed E-state index contributed by atoms with van der Waals surface area (Å²) in [5, 5.41) is 2.96. The van der Waals surface area contributed by atoms with Gasteiger partial charge in [-0.15, -0.1) is 0 Å². The van der Waals surface area contributed by atoms with Crippen LogP contribution in [0, 0.1) is 6.92 Å². The van der Waals surface area contributed by atoms with Crippen molar-refractivity contribution in [2.75, 3.05) is 65.5 Å². The number of ether oxygens (including phenoxy) is 3. The lowest BCUT2D eigenvalue weighted by molar-refractivity contribution is -0.117. The number of aromatic nitrogens is 2. The van der Waals surface area contributed by atoms with Gasteiger partial charge in [0.15, 0.2) is 0 Å². The van der Waals surface area contributed by atoms with Crippen molar-refractivity contribution in [2.24, 2.45) is 0 Å². The largest absolute Gasteiger partial charge is 0.497 e. The van der Waals surface area contributed by atoms with Gasteiger partial charge >= 0.3 is 0 Å². The van der Waals surface area contributed by atoms with Gasteiger partial charge in [0.25, 0.3) is 5.91 Å². The van der Waals surface area contributed by atoms with E-state index >= 15 is 0 Å². The second-order valence-corrected chi connectivity index (χ2v) is 10.3. The minimum atomic E-state index is -0.343. The maximum Gasteiger partial charge on any atom is 0.254 e. The molecule has 0 aliphatic carbocycles. The topological polar surface area (TPSA) is 98.2 Å². The van der Waals surface area contributed by atoms with Crippen molar-refractivity contribution in [3.05, 3.63) is 90.1 Å². The normalized spacial score (nSPS) is 13.4. The van der Waals surface area contributed by atoms with Gasteiger partial charge in [-0.1, -0.05) is 17.7 Å². The van der Waals surface area contributed by atoms with E-state index < -0.39 is 0 Å². The average Bonchev–Trinajstić information content (AvgIpc) is 3.47. The maximum atomic E-state index is 13.6. The molecular weight excluding hydrogens is 546 g/mol. The van der Waals surface area contributed by atoms with Gasteiger partial charge in [-0.2, -0.15) is 0 Å². The van der Waals surface area contributed by atoms with Gasteiger partial charge in [0.05, 0.1) is 33.1 Å². The van der Waals surface area contributed by atoms with Gasteiger partial charge < -0.3 is 19.1 Å². The molecule has 0 unspecified atom stereocenters. The van der Waals surface area contributed by atoms with Crippen LogP contribution >= 0.6 is 0 Å². The highest BCUT2D eigenvalue weighted by molar-refractivity contribution is 5.99. The smallest absolute Gasteiger partial charge is 0.254 e. The predicted octanol–water partition coefficient (Wildman–Crippen LogP) is 4.28. The quantitative estimate of drug-likeness (QED) is 0.282. The summed E-state index contributed by atoms with van der Waals surface area (Å²) in [6.45, 7) is 5.83. The van der Waals surface area contributed by atoms with Crippen LogP contribution in [0.1, 0.15) is 15.9 Å². The van der Waals surface area contributed by atoms with Crippen molar-refractivity contribution in [3.63, 3.8) is 0 Å². The molecule has 3 aromatic carbocycles. The first-order valence-electron chi connectivity index (χ1n) is 14.3. The lowest BCUT2D eigenvalue weighted by Gasteiger charge is -2.30. The van der Waals surface area contributed by atoms with Gasteiger partial charge in [-0.3, -0.25) is 24.4 Å². The third-order valence-corrected chi connectivity index (χ3v) is 7.40. The van der Waals surface area contributed by atoms with Crippen LogP contribution in [-0.4, -0.2) is 91.3 Å². The lowest BCUT2D eigenvalue weighted by atomic mass is 10.1. The van der Waals surface area contributed by atoms with Crippen LogP contribution in [0.5, 0.6) is 11.5 Å². The number of nitrogens with zero attached hydrogens (tertiary/aromatic N) is 4. The molecule has 1 aliphatic rings. The lowest BCUT2D eigenvalue weighted by Crippen LogP contribution is -2.45. The van der Waals surface area contributed by atoms with E-state index in [1.807, 2.05) is 78.4 Å². The maximum absolute atomic E-state index is 13.6. The number of methoxy groups -OCH3 is 2. The van der Waals surface area contributed by atoms with E-state index in [9.17, 15) is 9.59 Å². The first-order chi connectivity index (χ1) is 20.9. The van der Waals surface area contributed by atoms with E-state index in [-0.39, 0.29) is 18.4 Å². The Kier molecular flexibility index (Phi) is 9.70. The fourth-order valence-corrected chi connectivity index (χ4v) is 4.86. The molecular formula is C33H37N5O5. The Morgan fingerprint density at radius 1 is 0.907 bits per heavy atom. The molecule has 43 heavy (non-hydrogen) atoms. The van der Waals surface area contributed by atoms with E-state index in [0.717, 1.165) is 41.4 Å². The number of aryl methyl sites for hydroxylation is 1. The molecule has 0 radical (unpaired) electrons. The number of benzene rings is 3. The average molecular weight is 584 g/mol. The van der Waals surface area contributed by atoms with Crippen LogP contribution in [0.4, 0.5) is 5.95 Å². The Morgan fingerprint density at radius 2 is 1.53 bits per heavy atom. The molecule has 1 N–H and O–H groups in total. The van der Waals surface area contributed by atoms with Crippen LogP contribution < -0.4 is 14.8 Å². The van der Waals surface area contributed by atoms with Gasteiger partial charge in [0, 0.05) is 49.2 Å². The third-order valence-electron chi connectivity index (χ3n) is 7.40. The van der Waals surface area contributed by atoms with Crippen molar-refractivity contribution >= 4 is 17.8 Å². The molecule has 10 heteroatoms. The van der Waals surface area contributed by atoms with Crippen LogP contribution in [0.15, 0.2) is 79.0 Å². The minimum absolute atomic E-state index is 0.121. The second kappa shape index (κ2) is 14.0. The Balaban J connectivity index is 1.39. The summed E-state index contributed by atoms with van der Waals surface area (Å²) in [6, 6.07) is 22.4. The number of imidazole rings is 1. The van der Waals surface area contributed by atoms with E-state index in [1.54, 1.807) is 31.3 Å². The van der Waals surface area contributed by atoms with Crippen molar-refractivity contribution in [3.8, 4) is 28.4 Å². The van der Waals surface area contributed by atoms with Crippen LogP contribution in [0.3, 0.4) is 0 Å². The summed E-state index contributed by atoms with van der Waals surface area (Å²) in [5.41, 5.74) is 3.94. The number of amides is 2. The SMILES string of the molecule is COc1ccc(-c2cn(-c3ccc(OC)cc3)c(NC(=O)CN(CCN3CCOCC3)C(=O)c3ccc(C)cc3)n2)cc1. The number of carbonyl (C=O) groups is 2. The summed E-state index contributed by atoms with van der Waals surface area (Å²) in [7, 11) is 3.23. The number of morpholine rings is 1. The second-order valence-electron chi connectivity index (χ2n) is 10.3. The number of hydrogen-bond donors (Lipinski definition) is 1. The summed E-state index contributed by atoms with van der Waals surface area (Å²) in [4.78, 5) is 35.7. The molecule has 1 aliphatic heterocycles. The highest BCUT2D eigenvalue weighted by atomic mass is 16.5. The molecule has 10 nitrogen and oxygen atoms in total.